The van der Waals surface area contributed by atoms with E-state index in [1.165, 1.54) is 33.3 Å². The van der Waals surface area contributed by atoms with E-state index >= 15 is 0 Å². The van der Waals surface area contributed by atoms with Crippen molar-refractivity contribution in [3.05, 3.63) is 33.4 Å². The highest BCUT2D eigenvalue weighted by atomic mass is 16.6. The second kappa shape index (κ2) is 6.69. The van der Waals surface area contributed by atoms with Gasteiger partial charge in [0.25, 0.3) is 5.69 Å². The monoisotopic (exact) mass is 269 g/mol. The van der Waals surface area contributed by atoms with E-state index in [0.717, 1.165) is 0 Å². The molecular weight excluding hydrogens is 254 g/mol. The van der Waals surface area contributed by atoms with Gasteiger partial charge >= 0.3 is 5.97 Å². The average Bonchev–Trinajstić information content (AvgIpc) is 2.39. The van der Waals surface area contributed by atoms with Gasteiger partial charge in [-0.25, -0.2) is 4.79 Å². The third-order valence-corrected chi connectivity index (χ3v) is 2.51. The van der Waals surface area contributed by atoms with Crippen molar-refractivity contribution < 1.29 is 23.9 Å². The maximum Gasteiger partial charge on any atom is 0.338 e. The Morgan fingerprint density at radius 3 is 2.53 bits per heavy atom. The highest BCUT2D eigenvalue weighted by Gasteiger charge is 2.21. The molecule has 0 aromatic heterocycles. The Bertz CT molecular complexity index is 485. The minimum absolute atomic E-state index is 0.115. The van der Waals surface area contributed by atoms with Gasteiger partial charge in [0.05, 0.1) is 30.3 Å². The third kappa shape index (κ3) is 3.65. The first-order valence-corrected chi connectivity index (χ1v) is 5.50. The summed E-state index contributed by atoms with van der Waals surface area (Å²) in [4.78, 5) is 21.9. The zero-order valence-electron chi connectivity index (χ0n) is 11.0. The first-order valence-electron chi connectivity index (χ1n) is 5.50. The third-order valence-electron chi connectivity index (χ3n) is 2.51. The van der Waals surface area contributed by atoms with E-state index in [1.807, 2.05) is 0 Å². The van der Waals surface area contributed by atoms with E-state index in [0.29, 0.717) is 6.61 Å². The summed E-state index contributed by atoms with van der Waals surface area (Å²) in [5, 5.41) is 10.9. The van der Waals surface area contributed by atoms with Crippen molar-refractivity contribution in [2.24, 2.45) is 0 Å². The molecule has 104 valence electrons. The van der Waals surface area contributed by atoms with Crippen LogP contribution in [-0.2, 0) is 9.47 Å². The highest BCUT2D eigenvalue weighted by molar-refractivity contribution is 5.92. The molecule has 7 heteroatoms. The van der Waals surface area contributed by atoms with Crippen LogP contribution in [0.5, 0.6) is 5.75 Å². The zero-order chi connectivity index (χ0) is 14.4. The SMILES string of the molecule is COCCOc1cc(C(=O)OC)c(C)c([N+](=O)[O-])c1. The fourth-order valence-corrected chi connectivity index (χ4v) is 1.51. The highest BCUT2D eigenvalue weighted by Crippen LogP contribution is 2.28. The smallest absolute Gasteiger partial charge is 0.338 e. The van der Waals surface area contributed by atoms with Gasteiger partial charge in [-0.3, -0.25) is 10.1 Å². The normalized spacial score (nSPS) is 10.1. The molecule has 0 N–H and O–H groups in total. The second-order valence-corrected chi connectivity index (χ2v) is 3.70. The van der Waals surface area contributed by atoms with Crippen molar-refractivity contribution in [3.63, 3.8) is 0 Å². The minimum atomic E-state index is -0.641. The minimum Gasteiger partial charge on any atom is -0.491 e. The van der Waals surface area contributed by atoms with E-state index in [9.17, 15) is 14.9 Å². The average molecular weight is 269 g/mol. The molecule has 19 heavy (non-hydrogen) atoms. The van der Waals surface area contributed by atoms with Crippen LogP contribution in [0.15, 0.2) is 12.1 Å². The van der Waals surface area contributed by atoms with Crippen molar-refractivity contribution >= 4 is 11.7 Å². The molecule has 0 spiro atoms. The Morgan fingerprint density at radius 1 is 1.32 bits per heavy atom. The molecule has 0 aliphatic carbocycles. The lowest BCUT2D eigenvalue weighted by atomic mass is 10.1. The summed E-state index contributed by atoms with van der Waals surface area (Å²) in [6, 6.07) is 2.70. The number of nitro benzene ring substituents is 1. The molecule has 0 radical (unpaired) electrons. The molecule has 1 rings (SSSR count). The van der Waals surface area contributed by atoms with Gasteiger partial charge in [-0.2, -0.15) is 0 Å². The fourth-order valence-electron chi connectivity index (χ4n) is 1.51. The molecule has 0 fully saturated rings. The number of carbonyl (C=O) groups excluding carboxylic acids is 1. The number of benzene rings is 1. The van der Waals surface area contributed by atoms with E-state index in [-0.39, 0.29) is 29.2 Å². The molecule has 0 aliphatic rings. The number of esters is 1. The number of nitrogens with zero attached hydrogens (tertiary/aromatic N) is 1. The molecule has 7 nitrogen and oxygen atoms in total. The van der Waals surface area contributed by atoms with Crippen LogP contribution in [0.1, 0.15) is 15.9 Å². The van der Waals surface area contributed by atoms with Crippen LogP contribution in [0.25, 0.3) is 0 Å². The van der Waals surface area contributed by atoms with Crippen molar-refractivity contribution in [3.8, 4) is 5.75 Å². The number of ether oxygens (including phenoxy) is 3. The van der Waals surface area contributed by atoms with Crippen LogP contribution in [-0.4, -0.2) is 38.3 Å². The number of rotatable bonds is 6. The first kappa shape index (κ1) is 14.9. The molecule has 0 saturated carbocycles. The lowest BCUT2D eigenvalue weighted by molar-refractivity contribution is -0.385. The van der Waals surface area contributed by atoms with E-state index < -0.39 is 10.9 Å². The van der Waals surface area contributed by atoms with Crippen molar-refractivity contribution in [2.75, 3.05) is 27.4 Å². The van der Waals surface area contributed by atoms with Gasteiger partial charge in [0, 0.05) is 12.7 Å². The number of nitro groups is 1. The van der Waals surface area contributed by atoms with Crippen LogP contribution in [0, 0.1) is 17.0 Å². The van der Waals surface area contributed by atoms with Crippen LogP contribution < -0.4 is 4.74 Å². The summed E-state index contributed by atoms with van der Waals surface area (Å²) in [6.45, 7) is 2.07. The van der Waals surface area contributed by atoms with Gasteiger partial charge in [-0.05, 0) is 13.0 Å². The number of carbonyl (C=O) groups is 1. The Hall–Kier alpha value is -2.15. The van der Waals surface area contributed by atoms with E-state index in [1.54, 1.807) is 0 Å². The van der Waals surface area contributed by atoms with Gasteiger partial charge in [0.2, 0.25) is 0 Å². The van der Waals surface area contributed by atoms with Crippen LogP contribution in [0.4, 0.5) is 5.69 Å². The predicted octanol–water partition coefficient (Wildman–Crippen LogP) is 1.72. The summed E-state index contributed by atoms with van der Waals surface area (Å²) in [6.07, 6.45) is 0. The summed E-state index contributed by atoms with van der Waals surface area (Å²) >= 11 is 0. The Morgan fingerprint density at radius 2 is 2.00 bits per heavy atom. The van der Waals surface area contributed by atoms with Crippen LogP contribution >= 0.6 is 0 Å². The van der Waals surface area contributed by atoms with E-state index in [4.69, 9.17) is 9.47 Å². The number of hydrogen-bond donors (Lipinski definition) is 0. The van der Waals surface area contributed by atoms with Crippen molar-refractivity contribution in [1.82, 2.24) is 0 Å². The predicted molar refractivity (Wildman–Crippen MR) is 66.5 cm³/mol. The first-order chi connectivity index (χ1) is 9.01. The summed E-state index contributed by atoms with van der Waals surface area (Å²) in [5.74, 6) is -0.410. The topological polar surface area (TPSA) is 87.9 Å². The molecule has 1 aromatic rings. The summed E-state index contributed by atoms with van der Waals surface area (Å²) in [5.41, 5.74) is 0.176. The molecule has 0 heterocycles. The second-order valence-electron chi connectivity index (χ2n) is 3.70. The maximum atomic E-state index is 11.6. The largest absolute Gasteiger partial charge is 0.491 e. The fraction of sp³-hybridized carbons (Fsp3) is 0.417. The molecule has 0 amide bonds. The molecule has 0 aliphatic heterocycles. The maximum absolute atomic E-state index is 11.6. The van der Waals surface area contributed by atoms with Gasteiger partial charge in [0.15, 0.2) is 0 Å². The van der Waals surface area contributed by atoms with Gasteiger partial charge in [-0.15, -0.1) is 0 Å². The molecule has 1 aromatic carbocycles. The van der Waals surface area contributed by atoms with Crippen molar-refractivity contribution in [2.45, 2.75) is 6.92 Å². The quantitative estimate of drug-likeness (QED) is 0.338. The van der Waals surface area contributed by atoms with Crippen LogP contribution in [0.3, 0.4) is 0 Å². The Balaban J connectivity index is 3.15. The van der Waals surface area contributed by atoms with Gasteiger partial charge in [0.1, 0.15) is 12.4 Å². The lowest BCUT2D eigenvalue weighted by Crippen LogP contribution is -2.09. The zero-order valence-corrected chi connectivity index (χ0v) is 11.0. The van der Waals surface area contributed by atoms with Gasteiger partial charge < -0.3 is 14.2 Å². The Labute approximate surface area is 110 Å². The summed E-state index contributed by atoms with van der Waals surface area (Å²) < 4.78 is 14.7. The number of hydrogen-bond acceptors (Lipinski definition) is 6. The van der Waals surface area contributed by atoms with Crippen LogP contribution in [0.2, 0.25) is 0 Å². The number of methoxy groups -OCH3 is 2. The standard InChI is InChI=1S/C12H15NO6/c1-8-10(12(14)18-3)6-9(19-5-4-17-2)7-11(8)13(15)16/h6-7H,4-5H2,1-3H3. The molecular formula is C12H15NO6. The molecule has 0 bridgehead atoms. The van der Waals surface area contributed by atoms with Crippen molar-refractivity contribution in [1.29, 1.82) is 0 Å². The Kier molecular flexibility index (Phi) is 5.25. The lowest BCUT2D eigenvalue weighted by Gasteiger charge is -2.09. The molecule has 0 saturated heterocycles. The molecule has 0 unspecified atom stereocenters. The summed E-state index contributed by atoms with van der Waals surface area (Å²) in [7, 11) is 2.73. The molecule has 0 atom stereocenters. The van der Waals surface area contributed by atoms with Gasteiger partial charge in [-0.1, -0.05) is 0 Å². The van der Waals surface area contributed by atoms with E-state index in [2.05, 4.69) is 4.74 Å².